The molecule has 1 atom stereocenters. The molecular formula is C11H18N2O3S. The van der Waals surface area contributed by atoms with Crippen LogP contribution >= 0.6 is 11.8 Å². The molecule has 0 aromatic heterocycles. The molecule has 0 bridgehead atoms. The molecule has 2 N–H and O–H groups in total. The first-order chi connectivity index (χ1) is 8.15. The van der Waals surface area contributed by atoms with Gasteiger partial charge in [-0.25, -0.2) is 0 Å². The van der Waals surface area contributed by atoms with Gasteiger partial charge in [0.25, 0.3) is 0 Å². The number of hydrogen-bond acceptors (Lipinski definition) is 4. The largest absolute Gasteiger partial charge is 0.376 e. The van der Waals surface area contributed by atoms with Gasteiger partial charge in [-0.2, -0.15) is 11.8 Å². The van der Waals surface area contributed by atoms with Gasteiger partial charge in [0.1, 0.15) is 0 Å². The molecule has 1 saturated carbocycles. The highest BCUT2D eigenvalue weighted by molar-refractivity contribution is 7.99. The summed E-state index contributed by atoms with van der Waals surface area (Å²) in [4.78, 5) is 23.0. The lowest BCUT2D eigenvalue weighted by molar-refractivity contribution is -0.140. The molecular weight excluding hydrogens is 240 g/mol. The normalized spacial score (nSPS) is 27.8. The zero-order valence-electron chi connectivity index (χ0n) is 9.95. The Morgan fingerprint density at radius 3 is 2.71 bits per heavy atom. The SMILES string of the molecule is COC1(CNC(=O)C(=O)NC2CC2)CCSC1. The first kappa shape index (κ1) is 12.7. The van der Waals surface area contributed by atoms with Crippen molar-refractivity contribution < 1.29 is 14.3 Å². The van der Waals surface area contributed by atoms with Gasteiger partial charge in [-0.1, -0.05) is 0 Å². The van der Waals surface area contributed by atoms with Crippen molar-refractivity contribution in [1.29, 1.82) is 0 Å². The Morgan fingerprint density at radius 1 is 1.41 bits per heavy atom. The van der Waals surface area contributed by atoms with E-state index in [1.54, 1.807) is 7.11 Å². The molecule has 0 spiro atoms. The van der Waals surface area contributed by atoms with Crippen LogP contribution < -0.4 is 10.6 Å². The number of ether oxygens (including phenoxy) is 1. The van der Waals surface area contributed by atoms with E-state index in [2.05, 4.69) is 10.6 Å². The number of carbonyl (C=O) groups is 2. The fourth-order valence-electron chi connectivity index (χ4n) is 1.76. The standard InChI is InChI=1S/C11H18N2O3S/c1-16-11(4-5-17-7-11)6-12-9(14)10(15)13-8-2-3-8/h8H,2-7H2,1H3,(H,12,14)(H,13,15). The Labute approximate surface area is 105 Å². The van der Waals surface area contributed by atoms with Gasteiger partial charge >= 0.3 is 11.8 Å². The summed E-state index contributed by atoms with van der Waals surface area (Å²) in [6.07, 6.45) is 2.88. The maximum atomic E-state index is 11.5. The summed E-state index contributed by atoms with van der Waals surface area (Å²) < 4.78 is 5.46. The molecule has 1 saturated heterocycles. The number of hydrogen-bond donors (Lipinski definition) is 2. The zero-order valence-corrected chi connectivity index (χ0v) is 10.8. The van der Waals surface area contributed by atoms with Crippen LogP contribution in [0.5, 0.6) is 0 Å². The number of amides is 2. The van der Waals surface area contributed by atoms with E-state index in [9.17, 15) is 9.59 Å². The van der Waals surface area contributed by atoms with Crippen molar-refractivity contribution in [3.8, 4) is 0 Å². The van der Waals surface area contributed by atoms with Gasteiger partial charge in [-0.05, 0) is 25.0 Å². The average Bonchev–Trinajstić information content (AvgIpc) is 3.02. The molecule has 2 rings (SSSR count). The molecule has 1 unspecified atom stereocenters. The summed E-state index contributed by atoms with van der Waals surface area (Å²) in [7, 11) is 1.66. The van der Waals surface area contributed by atoms with Crippen LogP contribution in [0, 0.1) is 0 Å². The molecule has 1 aliphatic heterocycles. The Hall–Kier alpha value is -0.750. The molecule has 1 aliphatic carbocycles. The summed E-state index contributed by atoms with van der Waals surface area (Å²) in [5.74, 6) is 0.834. The Balaban J connectivity index is 1.75. The van der Waals surface area contributed by atoms with Crippen LogP contribution in [0.15, 0.2) is 0 Å². The van der Waals surface area contributed by atoms with E-state index in [1.165, 1.54) is 0 Å². The lowest BCUT2D eigenvalue weighted by Crippen LogP contribution is -2.49. The quantitative estimate of drug-likeness (QED) is 0.691. The highest BCUT2D eigenvalue weighted by Crippen LogP contribution is 2.30. The lowest BCUT2D eigenvalue weighted by Gasteiger charge is -2.26. The first-order valence-electron chi connectivity index (χ1n) is 5.87. The van der Waals surface area contributed by atoms with Gasteiger partial charge in [0.05, 0.1) is 5.60 Å². The van der Waals surface area contributed by atoms with Crippen molar-refractivity contribution in [2.24, 2.45) is 0 Å². The number of nitrogens with one attached hydrogen (secondary N) is 2. The van der Waals surface area contributed by atoms with Gasteiger partial charge in [0.2, 0.25) is 0 Å². The average molecular weight is 258 g/mol. The van der Waals surface area contributed by atoms with Crippen molar-refractivity contribution >= 4 is 23.6 Å². The Kier molecular flexibility index (Phi) is 3.93. The summed E-state index contributed by atoms with van der Waals surface area (Å²) in [6, 6.07) is 0.215. The summed E-state index contributed by atoms with van der Waals surface area (Å²) in [6.45, 7) is 0.410. The number of rotatable bonds is 4. The van der Waals surface area contributed by atoms with Gasteiger partial charge in [0, 0.05) is 25.4 Å². The third-order valence-corrected chi connectivity index (χ3v) is 4.41. The molecule has 96 valence electrons. The molecule has 0 radical (unpaired) electrons. The van der Waals surface area contributed by atoms with Gasteiger partial charge in [0.15, 0.2) is 0 Å². The summed E-state index contributed by atoms with van der Waals surface area (Å²) >= 11 is 1.81. The second-order valence-electron chi connectivity index (χ2n) is 4.62. The second-order valence-corrected chi connectivity index (χ2v) is 5.73. The van der Waals surface area contributed by atoms with E-state index in [1.807, 2.05) is 11.8 Å². The third-order valence-electron chi connectivity index (χ3n) is 3.19. The maximum absolute atomic E-state index is 11.5. The molecule has 1 heterocycles. The van der Waals surface area contributed by atoms with E-state index in [0.717, 1.165) is 30.8 Å². The number of thioether (sulfide) groups is 1. The molecule has 2 amide bonds. The molecule has 2 aliphatic rings. The molecule has 0 aromatic rings. The molecule has 17 heavy (non-hydrogen) atoms. The van der Waals surface area contributed by atoms with Crippen LogP contribution in [0.2, 0.25) is 0 Å². The number of carbonyl (C=O) groups excluding carboxylic acids is 2. The Bertz CT molecular complexity index is 312. The van der Waals surface area contributed by atoms with Crippen molar-refractivity contribution in [3.63, 3.8) is 0 Å². The van der Waals surface area contributed by atoms with Crippen LogP contribution in [-0.2, 0) is 14.3 Å². The van der Waals surface area contributed by atoms with E-state index in [0.29, 0.717) is 6.54 Å². The molecule has 5 nitrogen and oxygen atoms in total. The topological polar surface area (TPSA) is 67.4 Å². The summed E-state index contributed by atoms with van der Waals surface area (Å²) in [5.41, 5.74) is -0.291. The van der Waals surface area contributed by atoms with E-state index >= 15 is 0 Å². The van der Waals surface area contributed by atoms with Gasteiger partial charge in [-0.15, -0.1) is 0 Å². The highest BCUT2D eigenvalue weighted by atomic mass is 32.2. The van der Waals surface area contributed by atoms with E-state index in [-0.39, 0.29) is 11.6 Å². The fraction of sp³-hybridized carbons (Fsp3) is 0.818. The van der Waals surface area contributed by atoms with Crippen molar-refractivity contribution in [2.45, 2.75) is 30.9 Å². The van der Waals surface area contributed by atoms with Crippen molar-refractivity contribution in [1.82, 2.24) is 10.6 Å². The third kappa shape index (κ3) is 3.35. The molecule has 6 heteroatoms. The van der Waals surface area contributed by atoms with E-state index in [4.69, 9.17) is 4.74 Å². The smallest absolute Gasteiger partial charge is 0.309 e. The van der Waals surface area contributed by atoms with Crippen LogP contribution in [0.3, 0.4) is 0 Å². The first-order valence-corrected chi connectivity index (χ1v) is 7.02. The van der Waals surface area contributed by atoms with Crippen molar-refractivity contribution in [3.05, 3.63) is 0 Å². The second kappa shape index (κ2) is 5.27. The van der Waals surface area contributed by atoms with Gasteiger partial charge < -0.3 is 15.4 Å². The Morgan fingerprint density at radius 2 is 2.18 bits per heavy atom. The minimum absolute atomic E-state index is 0.215. The monoisotopic (exact) mass is 258 g/mol. The predicted octanol–water partition coefficient (Wildman–Crippen LogP) is -0.0967. The molecule has 2 fully saturated rings. The zero-order chi connectivity index (χ0) is 12.3. The van der Waals surface area contributed by atoms with Crippen LogP contribution in [0.4, 0.5) is 0 Å². The van der Waals surface area contributed by atoms with Crippen LogP contribution in [-0.4, -0.2) is 48.6 Å². The fourth-order valence-corrected chi connectivity index (χ4v) is 3.16. The minimum atomic E-state index is -0.551. The summed E-state index contributed by atoms with van der Waals surface area (Å²) in [5, 5.41) is 5.32. The van der Waals surface area contributed by atoms with Gasteiger partial charge in [-0.3, -0.25) is 9.59 Å². The highest BCUT2D eigenvalue weighted by Gasteiger charge is 2.35. The van der Waals surface area contributed by atoms with Crippen LogP contribution in [0.25, 0.3) is 0 Å². The maximum Gasteiger partial charge on any atom is 0.309 e. The van der Waals surface area contributed by atoms with E-state index < -0.39 is 11.8 Å². The molecule has 0 aromatic carbocycles. The van der Waals surface area contributed by atoms with Crippen LogP contribution in [0.1, 0.15) is 19.3 Å². The number of methoxy groups -OCH3 is 1. The van der Waals surface area contributed by atoms with Crippen molar-refractivity contribution in [2.75, 3.05) is 25.2 Å². The lowest BCUT2D eigenvalue weighted by atomic mass is 10.0. The minimum Gasteiger partial charge on any atom is -0.376 e. The predicted molar refractivity (Wildman–Crippen MR) is 65.9 cm³/mol.